The minimum absolute atomic E-state index is 0.00333. The van der Waals surface area contributed by atoms with Crippen molar-refractivity contribution in [2.45, 2.75) is 13.1 Å². The van der Waals surface area contributed by atoms with Crippen LogP contribution in [0.5, 0.6) is 0 Å². The number of amides is 2. The molecule has 1 aliphatic rings. The fourth-order valence-corrected chi connectivity index (χ4v) is 3.43. The number of hydrogen-bond acceptors (Lipinski definition) is 3. The Morgan fingerprint density at radius 1 is 0.844 bits per heavy atom. The predicted octanol–water partition coefficient (Wildman–Crippen LogP) is 5.55. The Kier molecular flexibility index (Phi) is 5.30. The highest BCUT2D eigenvalue weighted by Gasteiger charge is 2.40. The minimum Gasteiger partial charge on any atom is -0.350 e. The van der Waals surface area contributed by atoms with Gasteiger partial charge in [0.05, 0.1) is 16.8 Å². The van der Waals surface area contributed by atoms with Crippen LogP contribution in [-0.4, -0.2) is 11.8 Å². The molecule has 0 saturated heterocycles. The van der Waals surface area contributed by atoms with Gasteiger partial charge in [-0.05, 0) is 66.6 Å². The number of carbonyl (C=O) groups excluding carboxylic acids is 2. The van der Waals surface area contributed by atoms with Crippen molar-refractivity contribution in [3.8, 4) is 0 Å². The quantitative estimate of drug-likeness (QED) is 0.428. The van der Waals surface area contributed by atoms with Crippen LogP contribution < -0.4 is 10.2 Å². The van der Waals surface area contributed by atoms with E-state index in [0.717, 1.165) is 46.9 Å². The van der Waals surface area contributed by atoms with Gasteiger partial charge in [0.1, 0.15) is 11.5 Å². The Morgan fingerprint density at radius 3 is 2.09 bits per heavy atom. The van der Waals surface area contributed by atoms with Crippen LogP contribution in [0.2, 0.25) is 0 Å². The number of anilines is 2. The van der Waals surface area contributed by atoms with Gasteiger partial charge in [-0.3, -0.25) is 9.59 Å². The molecule has 0 spiro atoms. The zero-order valence-corrected chi connectivity index (χ0v) is 16.7. The van der Waals surface area contributed by atoms with Crippen molar-refractivity contribution in [3.05, 3.63) is 101 Å². The van der Waals surface area contributed by atoms with Crippen molar-refractivity contribution in [1.82, 2.24) is 0 Å². The van der Waals surface area contributed by atoms with E-state index in [1.54, 1.807) is 18.2 Å². The average Bonchev–Trinajstić information content (AvgIpc) is 2.98. The number of nitrogens with one attached hydrogen (secondary N) is 1. The number of halogens is 4. The summed E-state index contributed by atoms with van der Waals surface area (Å²) >= 11 is 0. The first kappa shape index (κ1) is 21.3. The van der Waals surface area contributed by atoms with E-state index < -0.39 is 29.4 Å². The number of nitrogens with zero attached hydrogens (tertiary/aromatic N) is 1. The number of aryl methyl sites for hydroxylation is 1. The van der Waals surface area contributed by atoms with E-state index in [4.69, 9.17) is 0 Å². The van der Waals surface area contributed by atoms with Crippen molar-refractivity contribution in [2.24, 2.45) is 0 Å². The van der Waals surface area contributed by atoms with Gasteiger partial charge in [-0.2, -0.15) is 13.2 Å². The lowest BCUT2D eigenvalue weighted by Gasteiger charge is -2.16. The van der Waals surface area contributed by atoms with Crippen LogP contribution in [0.25, 0.3) is 5.57 Å². The molecule has 8 heteroatoms. The summed E-state index contributed by atoms with van der Waals surface area (Å²) in [5.74, 6) is -1.97. The van der Waals surface area contributed by atoms with Crippen LogP contribution in [0.15, 0.2) is 78.5 Å². The topological polar surface area (TPSA) is 49.4 Å². The first-order chi connectivity index (χ1) is 15.1. The molecule has 3 aromatic carbocycles. The zero-order chi connectivity index (χ0) is 23.0. The minimum atomic E-state index is -4.55. The Labute approximate surface area is 180 Å². The Balaban J connectivity index is 1.78. The average molecular weight is 440 g/mol. The third-order valence-corrected chi connectivity index (χ3v) is 4.96. The monoisotopic (exact) mass is 440 g/mol. The lowest BCUT2D eigenvalue weighted by atomic mass is 10.0. The van der Waals surface area contributed by atoms with Crippen LogP contribution in [0.1, 0.15) is 16.7 Å². The standard InChI is InChI=1S/C24H16F4N2O2/c1-14-3-2-4-18(13-14)29-21-20(15-5-9-17(25)10-6-15)22(31)30(23(21)32)19-11-7-16(8-12-19)24(26,27)28/h2-13,29H,1H3. The van der Waals surface area contributed by atoms with E-state index in [0.29, 0.717) is 11.3 Å². The molecule has 0 bridgehead atoms. The zero-order valence-electron chi connectivity index (χ0n) is 16.7. The van der Waals surface area contributed by atoms with Crippen molar-refractivity contribution in [2.75, 3.05) is 10.2 Å². The molecule has 4 nitrogen and oxygen atoms in total. The second-order valence-corrected chi connectivity index (χ2v) is 7.24. The van der Waals surface area contributed by atoms with E-state index >= 15 is 0 Å². The molecule has 0 unspecified atom stereocenters. The van der Waals surface area contributed by atoms with Crippen molar-refractivity contribution >= 4 is 28.8 Å². The van der Waals surface area contributed by atoms with Gasteiger partial charge in [0, 0.05) is 5.69 Å². The lowest BCUT2D eigenvalue weighted by Crippen LogP contribution is -2.32. The Morgan fingerprint density at radius 2 is 1.50 bits per heavy atom. The molecule has 0 atom stereocenters. The molecular formula is C24H16F4N2O2. The van der Waals surface area contributed by atoms with Gasteiger partial charge in [0.25, 0.3) is 11.8 Å². The molecular weight excluding hydrogens is 424 g/mol. The lowest BCUT2D eigenvalue weighted by molar-refractivity contribution is -0.137. The summed E-state index contributed by atoms with van der Waals surface area (Å²) in [4.78, 5) is 27.3. The molecule has 1 aliphatic heterocycles. The van der Waals surface area contributed by atoms with Crippen molar-refractivity contribution in [3.63, 3.8) is 0 Å². The van der Waals surface area contributed by atoms with Gasteiger partial charge in [-0.25, -0.2) is 9.29 Å². The van der Waals surface area contributed by atoms with E-state index in [1.807, 2.05) is 13.0 Å². The molecule has 0 fully saturated rings. The van der Waals surface area contributed by atoms with Crippen LogP contribution in [0.3, 0.4) is 0 Å². The first-order valence-corrected chi connectivity index (χ1v) is 9.55. The molecule has 0 saturated carbocycles. The SMILES string of the molecule is Cc1cccc(NC2=C(c3ccc(F)cc3)C(=O)N(c3ccc(C(F)(F)F)cc3)C2=O)c1. The van der Waals surface area contributed by atoms with Gasteiger partial charge in [-0.1, -0.05) is 24.3 Å². The third kappa shape index (κ3) is 3.99. The van der Waals surface area contributed by atoms with E-state index in [1.165, 1.54) is 12.1 Å². The van der Waals surface area contributed by atoms with Crippen LogP contribution in [0, 0.1) is 12.7 Å². The normalized spacial score (nSPS) is 14.3. The maximum Gasteiger partial charge on any atom is 0.416 e. The molecule has 4 rings (SSSR count). The van der Waals surface area contributed by atoms with Gasteiger partial charge in [0.2, 0.25) is 0 Å². The highest BCUT2D eigenvalue weighted by Crippen LogP contribution is 2.36. The largest absolute Gasteiger partial charge is 0.416 e. The summed E-state index contributed by atoms with van der Waals surface area (Å²) in [5.41, 5.74) is 0.807. The smallest absolute Gasteiger partial charge is 0.350 e. The van der Waals surface area contributed by atoms with E-state index in [2.05, 4.69) is 5.32 Å². The van der Waals surface area contributed by atoms with Crippen LogP contribution >= 0.6 is 0 Å². The summed E-state index contributed by atoms with van der Waals surface area (Å²) in [6, 6.07) is 15.9. The van der Waals surface area contributed by atoms with Gasteiger partial charge in [0.15, 0.2) is 0 Å². The summed E-state index contributed by atoms with van der Waals surface area (Å²) in [6.45, 7) is 1.86. The third-order valence-electron chi connectivity index (χ3n) is 4.96. The van der Waals surface area contributed by atoms with Crippen LogP contribution in [0.4, 0.5) is 28.9 Å². The first-order valence-electron chi connectivity index (χ1n) is 9.55. The van der Waals surface area contributed by atoms with Gasteiger partial charge >= 0.3 is 6.18 Å². The van der Waals surface area contributed by atoms with Gasteiger partial charge in [-0.15, -0.1) is 0 Å². The van der Waals surface area contributed by atoms with Crippen LogP contribution in [-0.2, 0) is 15.8 Å². The molecule has 32 heavy (non-hydrogen) atoms. The number of hydrogen-bond donors (Lipinski definition) is 1. The fourth-order valence-electron chi connectivity index (χ4n) is 3.43. The molecule has 0 aliphatic carbocycles. The van der Waals surface area contributed by atoms with E-state index in [9.17, 15) is 27.2 Å². The maximum absolute atomic E-state index is 13.4. The molecule has 1 heterocycles. The molecule has 3 aromatic rings. The highest BCUT2D eigenvalue weighted by atomic mass is 19.4. The maximum atomic E-state index is 13.4. The predicted molar refractivity (Wildman–Crippen MR) is 112 cm³/mol. The number of benzene rings is 3. The second kappa shape index (κ2) is 7.96. The summed E-state index contributed by atoms with van der Waals surface area (Å²) in [6.07, 6.45) is -4.55. The highest BCUT2D eigenvalue weighted by molar-refractivity contribution is 6.46. The van der Waals surface area contributed by atoms with Gasteiger partial charge < -0.3 is 5.32 Å². The molecule has 1 N–H and O–H groups in total. The molecule has 0 aromatic heterocycles. The fraction of sp³-hybridized carbons (Fsp3) is 0.0833. The molecule has 0 radical (unpaired) electrons. The molecule has 162 valence electrons. The van der Waals surface area contributed by atoms with E-state index in [-0.39, 0.29) is 17.0 Å². The number of alkyl halides is 3. The Bertz CT molecular complexity index is 1230. The summed E-state index contributed by atoms with van der Waals surface area (Å²) < 4.78 is 52.1. The number of imide groups is 1. The van der Waals surface area contributed by atoms with Crippen molar-refractivity contribution in [1.29, 1.82) is 0 Å². The second-order valence-electron chi connectivity index (χ2n) is 7.24. The number of carbonyl (C=O) groups is 2. The Hall–Kier alpha value is -3.94. The number of rotatable bonds is 4. The molecule has 2 amide bonds. The summed E-state index contributed by atoms with van der Waals surface area (Å²) in [5, 5.41) is 2.95. The van der Waals surface area contributed by atoms with Crippen molar-refractivity contribution < 1.29 is 27.2 Å². The summed E-state index contributed by atoms with van der Waals surface area (Å²) in [7, 11) is 0.